The second-order valence-corrected chi connectivity index (χ2v) is 5.49. The molecule has 2 rings (SSSR count). The zero-order valence-electron chi connectivity index (χ0n) is 10.9. The van der Waals surface area contributed by atoms with Crippen LogP contribution in [0.4, 0.5) is 0 Å². The maximum absolute atomic E-state index is 11.8. The van der Waals surface area contributed by atoms with Crippen LogP contribution in [0.15, 0.2) is 4.47 Å². The highest BCUT2D eigenvalue weighted by Crippen LogP contribution is 2.26. The van der Waals surface area contributed by atoms with Gasteiger partial charge in [0.1, 0.15) is 0 Å². The molecule has 1 aliphatic rings. The zero-order valence-corrected chi connectivity index (χ0v) is 12.5. The smallest absolute Gasteiger partial charge is 0.308 e. The van der Waals surface area contributed by atoms with E-state index in [0.29, 0.717) is 6.54 Å². The van der Waals surface area contributed by atoms with Crippen LogP contribution in [-0.2, 0) is 29.6 Å². The number of aliphatic carboxylic acids is 1. The topological polar surface area (TPSA) is 75.4 Å². The minimum atomic E-state index is -0.908. The molecule has 1 aliphatic heterocycles. The van der Waals surface area contributed by atoms with Crippen molar-refractivity contribution < 1.29 is 14.7 Å². The van der Waals surface area contributed by atoms with Gasteiger partial charge >= 0.3 is 5.97 Å². The van der Waals surface area contributed by atoms with E-state index in [0.717, 1.165) is 22.3 Å². The monoisotopic (exact) mass is 329 g/mol. The van der Waals surface area contributed by atoms with Gasteiger partial charge < -0.3 is 10.0 Å². The molecule has 1 aromatic rings. The van der Waals surface area contributed by atoms with E-state index in [9.17, 15) is 9.59 Å². The van der Waals surface area contributed by atoms with Crippen molar-refractivity contribution in [3.05, 3.63) is 15.9 Å². The number of hydrogen-bond donors (Lipinski definition) is 1. The number of rotatable bonds is 4. The molecule has 0 aliphatic carbocycles. The molecule has 1 fully saturated rings. The summed E-state index contributed by atoms with van der Waals surface area (Å²) in [5.74, 6) is -1.61. The Morgan fingerprint density at radius 1 is 1.58 bits per heavy atom. The summed E-state index contributed by atoms with van der Waals surface area (Å²) in [5.41, 5.74) is 1.84. The summed E-state index contributed by atoms with van der Waals surface area (Å²) in [6.45, 7) is 2.68. The molecule has 104 valence electrons. The van der Waals surface area contributed by atoms with Crippen molar-refractivity contribution >= 4 is 27.8 Å². The van der Waals surface area contributed by atoms with Gasteiger partial charge in [-0.3, -0.25) is 14.3 Å². The molecule has 1 unspecified atom stereocenters. The van der Waals surface area contributed by atoms with E-state index in [1.165, 1.54) is 0 Å². The fourth-order valence-electron chi connectivity index (χ4n) is 2.26. The van der Waals surface area contributed by atoms with E-state index < -0.39 is 11.9 Å². The van der Waals surface area contributed by atoms with Crippen molar-refractivity contribution in [3.8, 4) is 0 Å². The molecule has 1 saturated heterocycles. The van der Waals surface area contributed by atoms with Crippen LogP contribution in [0.1, 0.15) is 24.7 Å². The molecule has 6 nitrogen and oxygen atoms in total. The van der Waals surface area contributed by atoms with Gasteiger partial charge in [-0.15, -0.1) is 0 Å². The fraction of sp³-hybridized carbons (Fsp3) is 0.583. The second-order valence-electron chi connectivity index (χ2n) is 4.70. The highest BCUT2D eigenvalue weighted by atomic mass is 79.9. The van der Waals surface area contributed by atoms with E-state index in [1.807, 2.05) is 14.0 Å². The van der Waals surface area contributed by atoms with Crippen LogP contribution < -0.4 is 0 Å². The van der Waals surface area contributed by atoms with Crippen LogP contribution in [0, 0.1) is 5.92 Å². The van der Waals surface area contributed by atoms with Gasteiger partial charge in [0, 0.05) is 20.0 Å². The standard InChI is InChI=1S/C12H16BrN3O3/c1-3-8-11(13)9(15(2)14-8)6-16-5-7(12(18)19)4-10(16)17/h7H,3-6H2,1-2H3,(H,18,19). The van der Waals surface area contributed by atoms with Gasteiger partial charge in [-0.25, -0.2) is 0 Å². The van der Waals surface area contributed by atoms with Gasteiger partial charge in [-0.1, -0.05) is 6.92 Å². The van der Waals surface area contributed by atoms with Crippen molar-refractivity contribution in [1.82, 2.24) is 14.7 Å². The number of carboxylic acids is 1. The third-order valence-corrected chi connectivity index (χ3v) is 4.32. The lowest BCUT2D eigenvalue weighted by atomic mass is 10.1. The lowest BCUT2D eigenvalue weighted by Crippen LogP contribution is -2.27. The quantitative estimate of drug-likeness (QED) is 0.899. The van der Waals surface area contributed by atoms with Crippen LogP contribution in [0.2, 0.25) is 0 Å². The van der Waals surface area contributed by atoms with Gasteiger partial charge in [0.15, 0.2) is 0 Å². The molecule has 0 spiro atoms. The number of hydrogen-bond acceptors (Lipinski definition) is 3. The van der Waals surface area contributed by atoms with E-state index >= 15 is 0 Å². The van der Waals surface area contributed by atoms with E-state index in [4.69, 9.17) is 5.11 Å². The minimum absolute atomic E-state index is 0.0887. The summed E-state index contributed by atoms with van der Waals surface area (Å²) in [4.78, 5) is 24.3. The average Bonchev–Trinajstić information content (AvgIpc) is 2.85. The van der Waals surface area contributed by atoms with E-state index in [2.05, 4.69) is 21.0 Å². The molecule has 2 heterocycles. The van der Waals surface area contributed by atoms with Crippen LogP contribution in [0.25, 0.3) is 0 Å². The molecule has 7 heteroatoms. The number of halogens is 1. The summed E-state index contributed by atoms with van der Waals surface area (Å²) in [5, 5.41) is 13.3. The van der Waals surface area contributed by atoms with Gasteiger partial charge in [-0.05, 0) is 22.4 Å². The number of aryl methyl sites for hydroxylation is 2. The summed E-state index contributed by atoms with van der Waals surface area (Å²) in [7, 11) is 1.83. The lowest BCUT2D eigenvalue weighted by molar-refractivity contribution is -0.141. The first-order valence-electron chi connectivity index (χ1n) is 6.14. The molecule has 1 amide bonds. The molecular formula is C12H16BrN3O3. The summed E-state index contributed by atoms with van der Waals surface area (Å²) in [6, 6.07) is 0. The van der Waals surface area contributed by atoms with Crippen molar-refractivity contribution in [2.75, 3.05) is 6.54 Å². The number of aromatic nitrogens is 2. The largest absolute Gasteiger partial charge is 0.481 e. The normalized spacial score (nSPS) is 19.2. The van der Waals surface area contributed by atoms with E-state index in [-0.39, 0.29) is 18.9 Å². The van der Waals surface area contributed by atoms with Crippen LogP contribution in [0.3, 0.4) is 0 Å². The number of carbonyl (C=O) groups excluding carboxylic acids is 1. The highest BCUT2D eigenvalue weighted by molar-refractivity contribution is 9.10. The minimum Gasteiger partial charge on any atom is -0.481 e. The van der Waals surface area contributed by atoms with Gasteiger partial charge in [0.25, 0.3) is 0 Å². The number of amides is 1. The Morgan fingerprint density at radius 2 is 2.26 bits per heavy atom. The Hall–Kier alpha value is -1.37. The first-order valence-corrected chi connectivity index (χ1v) is 6.94. The highest BCUT2D eigenvalue weighted by Gasteiger charge is 2.35. The predicted octanol–water partition coefficient (Wildman–Crippen LogP) is 1.18. The Morgan fingerprint density at radius 3 is 2.74 bits per heavy atom. The number of carbonyl (C=O) groups is 2. The SMILES string of the molecule is CCc1nn(C)c(CN2CC(C(=O)O)CC2=O)c1Br. The molecule has 0 aromatic carbocycles. The second kappa shape index (κ2) is 5.32. The van der Waals surface area contributed by atoms with Gasteiger partial charge in [0.2, 0.25) is 5.91 Å². The van der Waals surface area contributed by atoms with Crippen LogP contribution in [0.5, 0.6) is 0 Å². The van der Waals surface area contributed by atoms with Gasteiger partial charge in [0.05, 0.1) is 28.3 Å². The molecule has 1 atom stereocenters. The fourth-order valence-corrected chi connectivity index (χ4v) is 3.00. The Labute approximate surface area is 119 Å². The molecular weight excluding hydrogens is 314 g/mol. The third-order valence-electron chi connectivity index (χ3n) is 3.41. The Bertz CT molecular complexity index is 527. The molecule has 0 saturated carbocycles. The predicted molar refractivity (Wildman–Crippen MR) is 71.4 cm³/mol. The Kier molecular flexibility index (Phi) is 3.93. The molecule has 1 aromatic heterocycles. The summed E-state index contributed by atoms with van der Waals surface area (Å²) < 4.78 is 2.65. The zero-order chi connectivity index (χ0) is 14.2. The first kappa shape index (κ1) is 14.0. The summed E-state index contributed by atoms with van der Waals surface area (Å²) in [6.07, 6.45) is 0.894. The van der Waals surface area contributed by atoms with E-state index in [1.54, 1.807) is 9.58 Å². The first-order chi connectivity index (χ1) is 8.93. The number of likely N-dealkylation sites (tertiary alicyclic amines) is 1. The number of carboxylic acid groups (broad SMARTS) is 1. The average molecular weight is 330 g/mol. The van der Waals surface area contributed by atoms with Gasteiger partial charge in [-0.2, -0.15) is 5.10 Å². The Balaban J connectivity index is 2.16. The lowest BCUT2D eigenvalue weighted by Gasteiger charge is -2.16. The maximum Gasteiger partial charge on any atom is 0.308 e. The molecule has 19 heavy (non-hydrogen) atoms. The van der Waals surface area contributed by atoms with Crippen molar-refractivity contribution in [3.63, 3.8) is 0 Å². The van der Waals surface area contributed by atoms with Crippen molar-refractivity contribution in [2.24, 2.45) is 13.0 Å². The van der Waals surface area contributed by atoms with Crippen molar-refractivity contribution in [1.29, 1.82) is 0 Å². The number of nitrogens with zero attached hydrogens (tertiary/aromatic N) is 3. The summed E-state index contributed by atoms with van der Waals surface area (Å²) >= 11 is 3.50. The van der Waals surface area contributed by atoms with Crippen molar-refractivity contribution in [2.45, 2.75) is 26.3 Å². The molecule has 1 N–H and O–H groups in total. The maximum atomic E-state index is 11.8. The third kappa shape index (κ3) is 2.65. The molecule has 0 bridgehead atoms. The van der Waals surface area contributed by atoms with Crippen LogP contribution >= 0.6 is 15.9 Å². The van der Waals surface area contributed by atoms with Crippen LogP contribution in [-0.4, -0.2) is 38.2 Å². The molecule has 0 radical (unpaired) electrons.